The number of fused-ring (bicyclic) bond motifs is 1. The minimum Gasteiger partial charge on any atom is -0.483 e. The van der Waals surface area contributed by atoms with Gasteiger partial charge in [-0.15, -0.1) is 0 Å². The normalized spacial score (nSPS) is 19.0. The molecule has 0 aliphatic carbocycles. The van der Waals surface area contributed by atoms with Crippen LogP contribution in [0.3, 0.4) is 0 Å². The quantitative estimate of drug-likeness (QED) is 0.695. The van der Waals surface area contributed by atoms with Gasteiger partial charge in [-0.05, 0) is 6.42 Å². The summed E-state index contributed by atoms with van der Waals surface area (Å²) in [5.41, 5.74) is 1.19. The summed E-state index contributed by atoms with van der Waals surface area (Å²) in [6, 6.07) is 2.41. The second-order valence-electron chi connectivity index (χ2n) is 7.70. The van der Waals surface area contributed by atoms with Crippen LogP contribution in [0.25, 0.3) is 0 Å². The van der Waals surface area contributed by atoms with E-state index in [2.05, 4.69) is 24.9 Å². The molecule has 2 aliphatic heterocycles. The second kappa shape index (κ2) is 10.4. The molecule has 1 saturated heterocycles. The standard InChI is InChI=1S/C19H27N5O3.CH2O2/c1-13(2)17-9-14(22-27-17)10-20-19(25)16-11-24-7-6-23(5-3-18(24)21-16)15-4-8-26-12-15;2-1-3/h9,11,13,15H,3-8,10,12H2,1-2H3,(H,20,25);1H,(H,2,3). The fourth-order valence-corrected chi connectivity index (χ4v) is 3.67. The van der Waals surface area contributed by atoms with Gasteiger partial charge in [-0.3, -0.25) is 14.5 Å². The lowest BCUT2D eigenvalue weighted by Gasteiger charge is -2.25. The van der Waals surface area contributed by atoms with Crippen LogP contribution >= 0.6 is 0 Å². The first-order chi connectivity index (χ1) is 14.5. The van der Waals surface area contributed by atoms with E-state index in [-0.39, 0.29) is 18.3 Å². The number of nitrogens with one attached hydrogen (secondary N) is 1. The van der Waals surface area contributed by atoms with Crippen LogP contribution in [0.4, 0.5) is 0 Å². The van der Waals surface area contributed by atoms with E-state index in [4.69, 9.17) is 19.2 Å². The van der Waals surface area contributed by atoms with E-state index in [0.717, 1.165) is 63.0 Å². The molecule has 2 aliphatic rings. The number of carbonyl (C=O) groups is 2. The summed E-state index contributed by atoms with van der Waals surface area (Å²) in [6.07, 6.45) is 3.82. The molecule has 164 valence electrons. The molecule has 0 aromatic carbocycles. The summed E-state index contributed by atoms with van der Waals surface area (Å²) in [6.45, 7) is 8.65. The first-order valence-corrected chi connectivity index (χ1v) is 10.2. The smallest absolute Gasteiger partial charge is 0.290 e. The maximum absolute atomic E-state index is 12.5. The molecular formula is C20H29N5O5. The van der Waals surface area contributed by atoms with Crippen LogP contribution in [0.15, 0.2) is 16.8 Å². The summed E-state index contributed by atoms with van der Waals surface area (Å²) < 4.78 is 12.9. The number of nitrogens with zero attached hydrogens (tertiary/aromatic N) is 4. The minimum absolute atomic E-state index is 0.175. The molecule has 10 heteroatoms. The van der Waals surface area contributed by atoms with Gasteiger partial charge in [0.2, 0.25) is 0 Å². The van der Waals surface area contributed by atoms with E-state index in [1.807, 2.05) is 26.1 Å². The molecule has 4 rings (SSSR count). The van der Waals surface area contributed by atoms with Gasteiger partial charge >= 0.3 is 0 Å². The van der Waals surface area contributed by atoms with Crippen molar-refractivity contribution in [2.75, 3.05) is 26.3 Å². The van der Waals surface area contributed by atoms with Crippen molar-refractivity contribution in [1.82, 2.24) is 24.9 Å². The molecule has 2 aromatic heterocycles. The van der Waals surface area contributed by atoms with Crippen LogP contribution in [0.5, 0.6) is 0 Å². The third-order valence-corrected chi connectivity index (χ3v) is 5.34. The summed E-state index contributed by atoms with van der Waals surface area (Å²) in [5.74, 6) is 1.90. The summed E-state index contributed by atoms with van der Waals surface area (Å²) in [5, 5.41) is 13.8. The molecule has 2 aromatic rings. The van der Waals surface area contributed by atoms with Gasteiger partial charge in [0.25, 0.3) is 12.4 Å². The second-order valence-corrected chi connectivity index (χ2v) is 7.70. The van der Waals surface area contributed by atoms with Gasteiger partial charge in [0.05, 0.1) is 13.2 Å². The highest BCUT2D eigenvalue weighted by molar-refractivity contribution is 5.92. The van der Waals surface area contributed by atoms with Crippen LogP contribution < -0.4 is 5.32 Å². The number of rotatable bonds is 5. The third kappa shape index (κ3) is 5.45. The molecule has 1 unspecified atom stereocenters. The van der Waals surface area contributed by atoms with Gasteiger partial charge in [-0.2, -0.15) is 0 Å². The van der Waals surface area contributed by atoms with E-state index < -0.39 is 0 Å². The van der Waals surface area contributed by atoms with Crippen molar-refractivity contribution in [3.63, 3.8) is 0 Å². The van der Waals surface area contributed by atoms with Crippen molar-refractivity contribution >= 4 is 12.4 Å². The lowest BCUT2D eigenvalue weighted by atomic mass is 10.1. The molecule has 0 saturated carbocycles. The number of hydrogen-bond acceptors (Lipinski definition) is 7. The highest BCUT2D eigenvalue weighted by Crippen LogP contribution is 2.17. The fraction of sp³-hybridized carbons (Fsp3) is 0.600. The SMILES string of the molecule is CC(C)c1cc(CNC(=O)c2cn3c(n2)CCN(C2CCOC2)CC3)no1.O=CO. The predicted octanol–water partition coefficient (Wildman–Crippen LogP) is 1.27. The molecule has 0 radical (unpaired) electrons. The minimum atomic E-state index is -0.250. The van der Waals surface area contributed by atoms with Crippen molar-refractivity contribution in [3.8, 4) is 0 Å². The van der Waals surface area contributed by atoms with E-state index in [9.17, 15) is 4.79 Å². The highest BCUT2D eigenvalue weighted by atomic mass is 16.5. The van der Waals surface area contributed by atoms with Crippen LogP contribution in [-0.4, -0.2) is 69.4 Å². The third-order valence-electron chi connectivity index (χ3n) is 5.34. The van der Waals surface area contributed by atoms with Crippen molar-refractivity contribution in [2.24, 2.45) is 0 Å². The Balaban J connectivity index is 0.000000806. The molecule has 0 bridgehead atoms. The van der Waals surface area contributed by atoms with Gasteiger partial charge in [0.1, 0.15) is 23.0 Å². The molecular weight excluding hydrogens is 390 g/mol. The van der Waals surface area contributed by atoms with Crippen LogP contribution in [-0.2, 0) is 29.0 Å². The van der Waals surface area contributed by atoms with E-state index in [1.54, 1.807) is 0 Å². The average molecular weight is 419 g/mol. The number of aromatic nitrogens is 3. The molecule has 30 heavy (non-hydrogen) atoms. The first-order valence-electron chi connectivity index (χ1n) is 10.2. The van der Waals surface area contributed by atoms with E-state index in [1.165, 1.54) is 0 Å². The Morgan fingerprint density at radius 3 is 2.87 bits per heavy atom. The number of carboxylic acid groups (broad SMARTS) is 1. The Morgan fingerprint density at radius 2 is 2.20 bits per heavy atom. The largest absolute Gasteiger partial charge is 0.483 e. The van der Waals surface area contributed by atoms with Gasteiger partial charge in [-0.25, -0.2) is 4.98 Å². The van der Waals surface area contributed by atoms with Crippen LogP contribution in [0, 0.1) is 0 Å². The maximum Gasteiger partial charge on any atom is 0.290 e. The topological polar surface area (TPSA) is 123 Å². The average Bonchev–Trinajstić information content (AvgIpc) is 3.47. The van der Waals surface area contributed by atoms with Crippen LogP contribution in [0.1, 0.15) is 54.0 Å². The monoisotopic (exact) mass is 419 g/mol. The zero-order valence-corrected chi connectivity index (χ0v) is 17.4. The molecule has 10 nitrogen and oxygen atoms in total. The lowest BCUT2D eigenvalue weighted by Crippen LogP contribution is -2.37. The fourth-order valence-electron chi connectivity index (χ4n) is 3.67. The van der Waals surface area contributed by atoms with E-state index >= 15 is 0 Å². The zero-order valence-electron chi connectivity index (χ0n) is 17.4. The number of hydrogen-bond donors (Lipinski definition) is 2. The molecule has 2 N–H and O–H groups in total. The summed E-state index contributed by atoms with van der Waals surface area (Å²) in [7, 11) is 0. The Morgan fingerprint density at radius 1 is 1.40 bits per heavy atom. The maximum atomic E-state index is 12.5. The van der Waals surface area contributed by atoms with Gasteiger partial charge in [-0.1, -0.05) is 19.0 Å². The Bertz CT molecular complexity index is 815. The Labute approximate surface area is 175 Å². The van der Waals surface area contributed by atoms with Gasteiger partial charge < -0.3 is 24.3 Å². The van der Waals surface area contributed by atoms with E-state index in [0.29, 0.717) is 18.3 Å². The number of amides is 1. The number of imidazole rings is 1. The molecule has 1 fully saturated rings. The Kier molecular flexibility index (Phi) is 7.58. The van der Waals surface area contributed by atoms with Gasteiger partial charge in [0, 0.05) is 56.9 Å². The molecule has 4 heterocycles. The zero-order chi connectivity index (χ0) is 21.5. The van der Waals surface area contributed by atoms with Crippen molar-refractivity contribution in [1.29, 1.82) is 0 Å². The molecule has 1 amide bonds. The van der Waals surface area contributed by atoms with Crippen molar-refractivity contribution < 1.29 is 24.0 Å². The summed E-state index contributed by atoms with van der Waals surface area (Å²) in [4.78, 5) is 27.9. The highest BCUT2D eigenvalue weighted by Gasteiger charge is 2.26. The lowest BCUT2D eigenvalue weighted by molar-refractivity contribution is -0.122. The summed E-state index contributed by atoms with van der Waals surface area (Å²) >= 11 is 0. The Hall–Kier alpha value is -2.72. The van der Waals surface area contributed by atoms with Crippen molar-refractivity contribution in [2.45, 2.75) is 51.7 Å². The molecule has 1 atom stereocenters. The number of ether oxygens (including phenoxy) is 1. The predicted molar refractivity (Wildman–Crippen MR) is 107 cm³/mol. The van der Waals surface area contributed by atoms with Crippen molar-refractivity contribution in [3.05, 3.63) is 35.2 Å². The first kappa shape index (κ1) is 22.0. The number of carbonyl (C=O) groups excluding carboxylic acids is 1. The van der Waals surface area contributed by atoms with Gasteiger partial charge in [0.15, 0.2) is 0 Å². The van der Waals surface area contributed by atoms with Crippen LogP contribution in [0.2, 0.25) is 0 Å². The molecule has 0 spiro atoms.